The summed E-state index contributed by atoms with van der Waals surface area (Å²) in [5, 5.41) is 2.05. The van der Waals surface area contributed by atoms with E-state index < -0.39 is 23.5 Å². The first-order valence-electron chi connectivity index (χ1n) is 10.6. The summed E-state index contributed by atoms with van der Waals surface area (Å²) in [5.41, 5.74) is 3.74. The van der Waals surface area contributed by atoms with Crippen molar-refractivity contribution in [1.29, 1.82) is 0 Å². The van der Waals surface area contributed by atoms with Crippen molar-refractivity contribution in [2.75, 3.05) is 0 Å². The number of nitrogens with zero attached hydrogens (tertiary/aromatic N) is 3. The number of hydrogen-bond donors (Lipinski definition) is 1. The Morgan fingerprint density at radius 3 is 2.39 bits per heavy atom. The van der Waals surface area contributed by atoms with Crippen molar-refractivity contribution in [3.8, 4) is 0 Å². The smallest absolute Gasteiger partial charge is 0.419 e. The lowest BCUT2D eigenvalue weighted by Gasteiger charge is -2.25. The van der Waals surface area contributed by atoms with Crippen molar-refractivity contribution >= 4 is 34.9 Å². The van der Waals surface area contributed by atoms with Gasteiger partial charge in [-0.1, -0.05) is 18.2 Å². The first-order chi connectivity index (χ1) is 15.6. The molecule has 2 aromatic heterocycles. The predicted molar refractivity (Wildman–Crippen MR) is 126 cm³/mol. The number of ether oxygens (including phenoxy) is 1. The average Bonchev–Trinajstić information content (AvgIpc) is 3.14. The van der Waals surface area contributed by atoms with Crippen LogP contribution in [0.4, 0.5) is 4.79 Å². The molecule has 0 aliphatic carbocycles. The maximum absolute atomic E-state index is 12.9. The average molecular weight is 449 g/mol. The Balaban J connectivity index is 1.85. The molecule has 3 rings (SSSR count). The van der Waals surface area contributed by atoms with Crippen molar-refractivity contribution in [3.63, 3.8) is 0 Å². The van der Waals surface area contributed by atoms with Crippen molar-refractivity contribution in [1.82, 2.24) is 20.0 Å². The number of para-hydroxylation sites is 1. The number of hydrazine groups is 1. The van der Waals surface area contributed by atoms with E-state index >= 15 is 0 Å². The molecule has 1 aromatic carbocycles. The molecule has 2 amide bonds. The maximum atomic E-state index is 12.9. The number of pyridine rings is 1. The van der Waals surface area contributed by atoms with Gasteiger partial charge in [-0.15, -0.1) is 0 Å². The summed E-state index contributed by atoms with van der Waals surface area (Å²) in [7, 11) is 0. The molecular weight excluding hydrogens is 420 g/mol. The Morgan fingerprint density at radius 2 is 1.76 bits per heavy atom. The number of rotatable bonds is 4. The molecule has 1 N–H and O–H groups in total. The second-order valence-electron chi connectivity index (χ2n) is 8.76. The van der Waals surface area contributed by atoms with Gasteiger partial charge in [-0.3, -0.25) is 24.6 Å². The van der Waals surface area contributed by atoms with Crippen LogP contribution >= 0.6 is 0 Å². The fourth-order valence-electron chi connectivity index (χ4n) is 3.16. The molecular formula is C25H28N4O4. The van der Waals surface area contributed by atoms with Crippen molar-refractivity contribution in [2.24, 2.45) is 0 Å². The topological polar surface area (TPSA) is 93.5 Å². The Morgan fingerprint density at radius 1 is 1.09 bits per heavy atom. The summed E-state index contributed by atoms with van der Waals surface area (Å²) >= 11 is 0. The van der Waals surface area contributed by atoms with E-state index in [0.29, 0.717) is 16.6 Å². The van der Waals surface area contributed by atoms with Gasteiger partial charge >= 0.3 is 6.09 Å². The quantitative estimate of drug-likeness (QED) is 0.471. The molecule has 172 valence electrons. The highest BCUT2D eigenvalue weighted by atomic mass is 16.6. The summed E-state index contributed by atoms with van der Waals surface area (Å²) in [5.74, 6) is -0.809. The molecule has 0 aliphatic rings. The number of carbonyl (C=O) groups is 3. The Kier molecular flexibility index (Phi) is 6.96. The molecule has 33 heavy (non-hydrogen) atoms. The zero-order valence-corrected chi connectivity index (χ0v) is 19.4. The normalized spacial score (nSPS) is 11.7. The Labute approximate surface area is 192 Å². The van der Waals surface area contributed by atoms with Gasteiger partial charge in [0.05, 0.1) is 5.52 Å². The maximum Gasteiger partial charge on any atom is 0.419 e. The molecule has 3 aromatic rings. The van der Waals surface area contributed by atoms with E-state index in [4.69, 9.17) is 4.74 Å². The van der Waals surface area contributed by atoms with Crippen LogP contribution in [0.15, 0.2) is 61.1 Å². The molecule has 0 unspecified atom stereocenters. The molecule has 0 aliphatic heterocycles. The van der Waals surface area contributed by atoms with Gasteiger partial charge < -0.3 is 4.74 Å². The summed E-state index contributed by atoms with van der Waals surface area (Å²) in [6.45, 7) is 9.00. The van der Waals surface area contributed by atoms with E-state index in [1.807, 2.05) is 24.3 Å². The molecule has 8 nitrogen and oxygen atoms in total. The summed E-state index contributed by atoms with van der Waals surface area (Å²) in [4.78, 5) is 42.0. The van der Waals surface area contributed by atoms with Crippen LogP contribution in [0.25, 0.3) is 17.0 Å². The lowest BCUT2D eigenvalue weighted by atomic mass is 10.1. The van der Waals surface area contributed by atoms with Gasteiger partial charge in [0.25, 0.3) is 11.8 Å². The van der Waals surface area contributed by atoms with Gasteiger partial charge in [0.15, 0.2) is 0 Å². The summed E-state index contributed by atoms with van der Waals surface area (Å²) in [6.07, 6.45) is 7.15. The SMILES string of the molecule is CC(C)N(NC(=O)c1ccncc1)C(=O)C=Cc1cn(C(=O)OC(C)(C)C)c2ccccc12. The minimum Gasteiger partial charge on any atom is -0.443 e. The molecule has 0 radical (unpaired) electrons. The third-order valence-corrected chi connectivity index (χ3v) is 4.66. The number of fused-ring (bicyclic) bond motifs is 1. The van der Waals surface area contributed by atoms with Crippen molar-refractivity contribution < 1.29 is 19.1 Å². The minimum atomic E-state index is -0.640. The third-order valence-electron chi connectivity index (χ3n) is 4.66. The number of carbonyl (C=O) groups excluding carboxylic acids is 3. The van der Waals surface area contributed by atoms with Gasteiger partial charge in [0, 0.05) is 47.2 Å². The predicted octanol–water partition coefficient (Wildman–Crippen LogP) is 4.41. The molecule has 0 saturated heterocycles. The molecule has 2 heterocycles. The van der Waals surface area contributed by atoms with E-state index in [2.05, 4.69) is 10.4 Å². The Bertz CT molecular complexity index is 1190. The van der Waals surface area contributed by atoms with Gasteiger partial charge in [-0.2, -0.15) is 0 Å². The summed E-state index contributed by atoms with van der Waals surface area (Å²) in [6, 6.07) is 10.2. The van der Waals surface area contributed by atoms with Crippen LogP contribution in [0.5, 0.6) is 0 Å². The molecule has 0 bridgehead atoms. The lowest BCUT2D eigenvalue weighted by molar-refractivity contribution is -0.130. The number of benzene rings is 1. The number of amides is 2. The van der Waals surface area contributed by atoms with E-state index in [9.17, 15) is 14.4 Å². The van der Waals surface area contributed by atoms with E-state index in [-0.39, 0.29) is 6.04 Å². The third kappa shape index (κ3) is 5.85. The van der Waals surface area contributed by atoms with Crippen LogP contribution in [-0.2, 0) is 9.53 Å². The monoisotopic (exact) mass is 448 g/mol. The molecule has 0 saturated carbocycles. The largest absolute Gasteiger partial charge is 0.443 e. The summed E-state index contributed by atoms with van der Waals surface area (Å²) < 4.78 is 6.93. The van der Waals surface area contributed by atoms with Crippen LogP contribution in [0, 0.1) is 0 Å². The van der Waals surface area contributed by atoms with Crippen LogP contribution < -0.4 is 5.43 Å². The number of aromatic nitrogens is 2. The second kappa shape index (κ2) is 9.68. The van der Waals surface area contributed by atoms with Gasteiger partial charge in [-0.05, 0) is 58.9 Å². The van der Waals surface area contributed by atoms with Gasteiger partial charge in [0.2, 0.25) is 0 Å². The van der Waals surface area contributed by atoms with Gasteiger partial charge in [-0.25, -0.2) is 9.80 Å². The zero-order chi connectivity index (χ0) is 24.2. The highest BCUT2D eigenvalue weighted by Gasteiger charge is 2.21. The molecule has 0 fully saturated rings. The van der Waals surface area contributed by atoms with E-state index in [1.165, 1.54) is 28.0 Å². The number of nitrogens with one attached hydrogen (secondary N) is 1. The zero-order valence-electron chi connectivity index (χ0n) is 19.4. The van der Waals surface area contributed by atoms with Crippen LogP contribution in [0.2, 0.25) is 0 Å². The van der Waals surface area contributed by atoms with Crippen LogP contribution in [-0.4, -0.2) is 44.1 Å². The van der Waals surface area contributed by atoms with Crippen LogP contribution in [0.3, 0.4) is 0 Å². The van der Waals surface area contributed by atoms with E-state index in [0.717, 1.165) is 5.39 Å². The molecule has 0 atom stereocenters. The molecule has 0 spiro atoms. The lowest BCUT2D eigenvalue weighted by Crippen LogP contribution is -2.49. The first-order valence-corrected chi connectivity index (χ1v) is 10.6. The first kappa shape index (κ1) is 23.7. The highest BCUT2D eigenvalue weighted by Crippen LogP contribution is 2.24. The molecule has 8 heteroatoms. The van der Waals surface area contributed by atoms with Crippen LogP contribution in [0.1, 0.15) is 50.5 Å². The van der Waals surface area contributed by atoms with E-state index in [1.54, 1.807) is 59.0 Å². The fourth-order valence-corrected chi connectivity index (χ4v) is 3.16. The minimum absolute atomic E-state index is 0.281. The Hall–Kier alpha value is -3.94. The standard InChI is InChI=1S/C25H28N4O4/c1-17(2)29(27-23(31)18-12-14-26-15-13-18)22(30)11-10-19-16-28(24(32)33-25(3,4)5)21-9-7-6-8-20(19)21/h6-17H,1-5H3,(H,27,31). The van der Waals surface area contributed by atoms with Crippen molar-refractivity contribution in [2.45, 2.75) is 46.3 Å². The number of hydrogen-bond acceptors (Lipinski definition) is 5. The van der Waals surface area contributed by atoms with Crippen molar-refractivity contribution in [3.05, 3.63) is 72.2 Å². The fraction of sp³-hybridized carbons (Fsp3) is 0.280. The van der Waals surface area contributed by atoms with Gasteiger partial charge in [0.1, 0.15) is 5.60 Å². The second-order valence-corrected chi connectivity index (χ2v) is 8.76. The highest BCUT2D eigenvalue weighted by molar-refractivity contribution is 6.01.